The van der Waals surface area contributed by atoms with E-state index in [2.05, 4.69) is 23.6 Å². The molecule has 3 nitrogen and oxygen atoms in total. The van der Waals surface area contributed by atoms with E-state index in [1.807, 2.05) is 0 Å². The first-order chi connectivity index (χ1) is 8.18. The molecule has 0 spiro atoms. The van der Waals surface area contributed by atoms with Gasteiger partial charge in [-0.3, -0.25) is 0 Å². The lowest BCUT2D eigenvalue weighted by atomic mass is 9.95. The van der Waals surface area contributed by atoms with E-state index in [9.17, 15) is 4.79 Å². The smallest absolute Gasteiger partial charge is 0.320 e. The maximum Gasteiger partial charge on any atom is 0.320 e. The molecule has 0 bridgehead atoms. The molecule has 2 fully saturated rings. The maximum absolute atomic E-state index is 12.5. The van der Waals surface area contributed by atoms with Gasteiger partial charge in [-0.2, -0.15) is 0 Å². The molecule has 3 heteroatoms. The molecule has 2 unspecified atom stereocenters. The third-order valence-corrected chi connectivity index (χ3v) is 4.24. The molecule has 0 N–H and O–H groups in total. The molecule has 2 heterocycles. The first-order valence-electron chi connectivity index (χ1n) is 7.24. The number of likely N-dealkylation sites (tertiary alicyclic amines) is 2. The van der Waals surface area contributed by atoms with Crippen molar-refractivity contribution in [1.29, 1.82) is 0 Å². The average molecular weight is 238 g/mol. The summed E-state index contributed by atoms with van der Waals surface area (Å²) in [7, 11) is 0. The van der Waals surface area contributed by atoms with Crippen LogP contribution in [-0.2, 0) is 0 Å². The Kier molecular flexibility index (Phi) is 4.30. The molecule has 0 aromatic rings. The Bertz CT molecular complexity index is 259. The van der Waals surface area contributed by atoms with Crippen molar-refractivity contribution in [3.8, 4) is 0 Å². The minimum absolute atomic E-state index is 0.297. The van der Waals surface area contributed by atoms with Crippen molar-refractivity contribution >= 4 is 6.03 Å². The van der Waals surface area contributed by atoms with Crippen molar-refractivity contribution in [2.24, 2.45) is 5.92 Å². The number of hydrogen-bond donors (Lipinski definition) is 0. The van der Waals surface area contributed by atoms with Gasteiger partial charge in [0, 0.05) is 25.7 Å². The fourth-order valence-electron chi connectivity index (χ4n) is 3.00. The van der Waals surface area contributed by atoms with E-state index in [0.29, 0.717) is 18.0 Å². The van der Waals surface area contributed by atoms with Crippen LogP contribution in [0.1, 0.15) is 52.4 Å². The molecular weight excluding hydrogens is 212 g/mol. The number of rotatable bonds is 0. The van der Waals surface area contributed by atoms with Gasteiger partial charge in [-0.15, -0.1) is 0 Å². The number of urea groups is 1. The zero-order valence-corrected chi connectivity index (χ0v) is 11.3. The van der Waals surface area contributed by atoms with Crippen molar-refractivity contribution in [3.05, 3.63) is 0 Å². The number of nitrogens with zero attached hydrogens (tertiary/aromatic N) is 2. The minimum atomic E-state index is 0.297. The summed E-state index contributed by atoms with van der Waals surface area (Å²) in [5.74, 6) is 0.669. The van der Waals surface area contributed by atoms with Gasteiger partial charge in [0.1, 0.15) is 0 Å². The topological polar surface area (TPSA) is 23.6 Å². The largest absolute Gasteiger partial charge is 0.325 e. The maximum atomic E-state index is 12.5. The van der Waals surface area contributed by atoms with Crippen LogP contribution in [0.25, 0.3) is 0 Å². The second kappa shape index (κ2) is 5.74. The summed E-state index contributed by atoms with van der Waals surface area (Å²) in [6.45, 7) is 7.35. The molecule has 0 aromatic carbocycles. The summed E-state index contributed by atoms with van der Waals surface area (Å²) >= 11 is 0. The molecule has 2 rings (SSSR count). The normalized spacial score (nSPS) is 31.2. The Morgan fingerprint density at radius 2 is 1.65 bits per heavy atom. The van der Waals surface area contributed by atoms with E-state index in [1.54, 1.807) is 0 Å². The molecule has 17 heavy (non-hydrogen) atoms. The number of hydrogen-bond acceptors (Lipinski definition) is 1. The molecule has 0 radical (unpaired) electrons. The van der Waals surface area contributed by atoms with E-state index in [0.717, 1.165) is 19.6 Å². The van der Waals surface area contributed by atoms with Gasteiger partial charge in [0.05, 0.1) is 0 Å². The number of amides is 2. The van der Waals surface area contributed by atoms with Crippen LogP contribution in [-0.4, -0.2) is 41.5 Å². The third kappa shape index (κ3) is 3.14. The Balaban J connectivity index is 1.96. The predicted octanol–water partition coefficient (Wildman–Crippen LogP) is 3.10. The highest BCUT2D eigenvalue weighted by molar-refractivity contribution is 5.75. The monoisotopic (exact) mass is 238 g/mol. The van der Waals surface area contributed by atoms with Gasteiger partial charge in [-0.1, -0.05) is 19.8 Å². The molecule has 2 amide bonds. The van der Waals surface area contributed by atoms with Crippen molar-refractivity contribution in [2.45, 2.75) is 58.4 Å². The summed E-state index contributed by atoms with van der Waals surface area (Å²) in [4.78, 5) is 16.7. The highest BCUT2D eigenvalue weighted by atomic mass is 16.2. The molecule has 0 aromatic heterocycles. The number of piperidine rings is 1. The van der Waals surface area contributed by atoms with E-state index < -0.39 is 0 Å². The first kappa shape index (κ1) is 12.7. The third-order valence-electron chi connectivity index (χ3n) is 4.24. The molecule has 2 aliphatic rings. The zero-order valence-electron chi connectivity index (χ0n) is 11.3. The van der Waals surface area contributed by atoms with Gasteiger partial charge in [-0.25, -0.2) is 4.79 Å². The van der Waals surface area contributed by atoms with Crippen LogP contribution >= 0.6 is 0 Å². The lowest BCUT2D eigenvalue weighted by Crippen LogP contribution is -2.51. The Labute approximate surface area is 105 Å². The Morgan fingerprint density at radius 3 is 2.29 bits per heavy atom. The van der Waals surface area contributed by atoms with Crippen molar-refractivity contribution in [2.75, 3.05) is 19.6 Å². The van der Waals surface area contributed by atoms with E-state index in [1.165, 1.54) is 38.5 Å². The van der Waals surface area contributed by atoms with Crippen LogP contribution in [0.3, 0.4) is 0 Å². The van der Waals surface area contributed by atoms with Crippen LogP contribution < -0.4 is 0 Å². The minimum Gasteiger partial charge on any atom is -0.325 e. The quantitative estimate of drug-likeness (QED) is 0.636. The van der Waals surface area contributed by atoms with E-state index >= 15 is 0 Å². The highest BCUT2D eigenvalue weighted by Crippen LogP contribution is 2.23. The summed E-state index contributed by atoms with van der Waals surface area (Å²) < 4.78 is 0. The fourth-order valence-corrected chi connectivity index (χ4v) is 3.00. The summed E-state index contributed by atoms with van der Waals surface area (Å²) in [6.07, 6.45) is 7.38. The van der Waals surface area contributed by atoms with Gasteiger partial charge < -0.3 is 9.80 Å². The second-order valence-corrected chi connectivity index (χ2v) is 5.87. The molecule has 2 atom stereocenters. The standard InChI is InChI=1S/C14H26N2O/c1-12-7-8-13(2)16(11-12)14(17)15-9-5-3-4-6-10-15/h12-13H,3-11H2,1-2H3. The van der Waals surface area contributed by atoms with Crippen molar-refractivity contribution in [1.82, 2.24) is 9.80 Å². The van der Waals surface area contributed by atoms with Crippen LogP contribution in [0.5, 0.6) is 0 Å². The number of carbonyl (C=O) groups excluding carboxylic acids is 1. The first-order valence-corrected chi connectivity index (χ1v) is 7.24. The van der Waals surface area contributed by atoms with Crippen LogP contribution in [0.2, 0.25) is 0 Å². The predicted molar refractivity (Wildman–Crippen MR) is 70.0 cm³/mol. The Hall–Kier alpha value is -0.730. The number of carbonyl (C=O) groups is 1. The summed E-state index contributed by atoms with van der Waals surface area (Å²) in [6, 6.07) is 0.730. The summed E-state index contributed by atoms with van der Waals surface area (Å²) in [5.41, 5.74) is 0. The molecule has 2 saturated heterocycles. The van der Waals surface area contributed by atoms with E-state index in [-0.39, 0.29) is 0 Å². The molecular formula is C14H26N2O. The van der Waals surface area contributed by atoms with Crippen LogP contribution in [0, 0.1) is 5.92 Å². The van der Waals surface area contributed by atoms with Crippen molar-refractivity contribution in [3.63, 3.8) is 0 Å². The van der Waals surface area contributed by atoms with Gasteiger partial charge in [0.15, 0.2) is 0 Å². The van der Waals surface area contributed by atoms with Crippen LogP contribution in [0.15, 0.2) is 0 Å². The van der Waals surface area contributed by atoms with E-state index in [4.69, 9.17) is 0 Å². The average Bonchev–Trinajstić information content (AvgIpc) is 2.60. The van der Waals surface area contributed by atoms with Gasteiger partial charge in [-0.05, 0) is 38.5 Å². The zero-order chi connectivity index (χ0) is 12.3. The van der Waals surface area contributed by atoms with Crippen molar-refractivity contribution < 1.29 is 4.79 Å². The van der Waals surface area contributed by atoms with Gasteiger partial charge >= 0.3 is 6.03 Å². The molecule has 2 aliphatic heterocycles. The van der Waals surface area contributed by atoms with Crippen LogP contribution in [0.4, 0.5) is 4.79 Å². The molecule has 0 saturated carbocycles. The fraction of sp³-hybridized carbons (Fsp3) is 0.929. The van der Waals surface area contributed by atoms with Gasteiger partial charge in [0.25, 0.3) is 0 Å². The van der Waals surface area contributed by atoms with Gasteiger partial charge in [0.2, 0.25) is 0 Å². The lowest BCUT2D eigenvalue weighted by Gasteiger charge is -2.39. The Morgan fingerprint density at radius 1 is 1.00 bits per heavy atom. The molecule has 0 aliphatic carbocycles. The lowest BCUT2D eigenvalue weighted by molar-refractivity contribution is 0.105. The highest BCUT2D eigenvalue weighted by Gasteiger charge is 2.30. The molecule has 98 valence electrons. The second-order valence-electron chi connectivity index (χ2n) is 5.87. The SMILES string of the molecule is CC1CCC(C)N(C(=O)N2CCCCCC2)C1. The summed E-state index contributed by atoms with van der Waals surface area (Å²) in [5, 5.41) is 0.